The first-order valence-corrected chi connectivity index (χ1v) is 7.20. The maximum Gasteiger partial charge on any atom is 0.261 e. The Morgan fingerprint density at radius 1 is 1.05 bits per heavy atom. The van der Waals surface area contributed by atoms with Gasteiger partial charge < -0.3 is 0 Å². The molecule has 0 aliphatic carbocycles. The Morgan fingerprint density at radius 3 is 2.45 bits per heavy atom. The zero-order valence-electron chi connectivity index (χ0n) is 11.2. The lowest BCUT2D eigenvalue weighted by Crippen LogP contribution is -2.40. The van der Waals surface area contributed by atoms with Crippen molar-refractivity contribution in [2.24, 2.45) is 0 Å². The second kappa shape index (κ2) is 4.94. The number of thiol groups is 1. The molecule has 2 aromatic carbocycles. The molecule has 20 heavy (non-hydrogen) atoms. The SMILES string of the molecule is CCCCN1C(=O)c2cccc3c(S)ccc(c23)C1=O. The lowest BCUT2D eigenvalue weighted by atomic mass is 9.94. The molecule has 0 aromatic heterocycles. The molecule has 0 N–H and O–H groups in total. The van der Waals surface area contributed by atoms with Crippen molar-refractivity contribution < 1.29 is 9.59 Å². The minimum atomic E-state index is -0.194. The van der Waals surface area contributed by atoms with E-state index in [1.165, 1.54) is 4.90 Å². The van der Waals surface area contributed by atoms with Gasteiger partial charge in [0.2, 0.25) is 0 Å². The highest BCUT2D eigenvalue weighted by Gasteiger charge is 2.32. The molecule has 102 valence electrons. The third kappa shape index (κ3) is 1.83. The fraction of sp³-hybridized carbons (Fsp3) is 0.250. The lowest BCUT2D eigenvalue weighted by molar-refractivity contribution is 0.0608. The number of hydrogen-bond acceptors (Lipinski definition) is 3. The van der Waals surface area contributed by atoms with Crippen LogP contribution in [0.3, 0.4) is 0 Å². The van der Waals surface area contributed by atoms with Crippen LogP contribution in [-0.2, 0) is 0 Å². The van der Waals surface area contributed by atoms with Crippen molar-refractivity contribution in [3.63, 3.8) is 0 Å². The van der Waals surface area contributed by atoms with Gasteiger partial charge in [-0.1, -0.05) is 25.5 Å². The van der Waals surface area contributed by atoms with Crippen LogP contribution in [0.1, 0.15) is 40.5 Å². The Balaban J connectivity index is 2.23. The van der Waals surface area contributed by atoms with Crippen LogP contribution in [0, 0.1) is 0 Å². The highest BCUT2D eigenvalue weighted by Crippen LogP contribution is 2.33. The molecule has 0 unspecified atom stereocenters. The van der Waals surface area contributed by atoms with Gasteiger partial charge in [-0.05, 0) is 30.0 Å². The normalized spacial score (nSPS) is 14.2. The Kier molecular flexibility index (Phi) is 3.26. The van der Waals surface area contributed by atoms with Crippen molar-refractivity contribution in [2.45, 2.75) is 24.7 Å². The summed E-state index contributed by atoms with van der Waals surface area (Å²) in [5.74, 6) is -0.388. The van der Waals surface area contributed by atoms with Crippen LogP contribution in [0.2, 0.25) is 0 Å². The Morgan fingerprint density at radius 2 is 1.75 bits per heavy atom. The molecule has 1 aliphatic heterocycles. The van der Waals surface area contributed by atoms with E-state index in [9.17, 15) is 9.59 Å². The molecule has 0 saturated heterocycles. The van der Waals surface area contributed by atoms with Crippen LogP contribution in [0.4, 0.5) is 0 Å². The van der Waals surface area contributed by atoms with Crippen LogP contribution in [-0.4, -0.2) is 23.3 Å². The number of nitrogens with zero attached hydrogens (tertiary/aromatic N) is 1. The Bertz CT molecular complexity index is 701. The molecule has 1 aliphatic rings. The minimum Gasteiger partial charge on any atom is -0.274 e. The molecule has 4 heteroatoms. The van der Waals surface area contributed by atoms with Crippen molar-refractivity contribution >= 4 is 35.2 Å². The molecule has 0 atom stereocenters. The van der Waals surface area contributed by atoms with E-state index in [0.29, 0.717) is 17.7 Å². The molecule has 3 nitrogen and oxygen atoms in total. The van der Waals surface area contributed by atoms with Gasteiger partial charge in [-0.25, -0.2) is 0 Å². The van der Waals surface area contributed by atoms with Crippen LogP contribution in [0.15, 0.2) is 35.2 Å². The first-order chi connectivity index (χ1) is 9.65. The topological polar surface area (TPSA) is 37.4 Å². The second-order valence-electron chi connectivity index (χ2n) is 4.98. The van der Waals surface area contributed by atoms with Crippen LogP contribution in [0.25, 0.3) is 10.8 Å². The van der Waals surface area contributed by atoms with Gasteiger partial charge in [0.15, 0.2) is 0 Å². The van der Waals surface area contributed by atoms with Crippen molar-refractivity contribution in [2.75, 3.05) is 6.54 Å². The van der Waals surface area contributed by atoms with Gasteiger partial charge >= 0.3 is 0 Å². The maximum atomic E-state index is 12.5. The molecular formula is C16H15NO2S. The highest BCUT2D eigenvalue weighted by molar-refractivity contribution is 7.80. The third-order valence-electron chi connectivity index (χ3n) is 3.70. The number of carbonyl (C=O) groups excluding carboxylic acids is 2. The average molecular weight is 285 g/mol. The van der Waals surface area contributed by atoms with Crippen molar-refractivity contribution in [3.8, 4) is 0 Å². The number of imide groups is 1. The van der Waals surface area contributed by atoms with E-state index in [-0.39, 0.29) is 11.8 Å². The van der Waals surface area contributed by atoms with E-state index >= 15 is 0 Å². The number of unbranched alkanes of at least 4 members (excludes halogenated alkanes) is 1. The summed E-state index contributed by atoms with van der Waals surface area (Å²) >= 11 is 4.41. The number of amides is 2. The average Bonchev–Trinajstić information content (AvgIpc) is 2.46. The van der Waals surface area contributed by atoms with Crippen LogP contribution >= 0.6 is 12.6 Å². The zero-order valence-corrected chi connectivity index (χ0v) is 12.1. The first kappa shape index (κ1) is 13.2. The highest BCUT2D eigenvalue weighted by atomic mass is 32.1. The van der Waals surface area contributed by atoms with Crippen molar-refractivity contribution in [3.05, 3.63) is 41.5 Å². The second-order valence-corrected chi connectivity index (χ2v) is 5.46. The van der Waals surface area contributed by atoms with E-state index in [4.69, 9.17) is 0 Å². The number of rotatable bonds is 3. The van der Waals surface area contributed by atoms with Crippen molar-refractivity contribution in [1.29, 1.82) is 0 Å². The van der Waals surface area contributed by atoms with Gasteiger partial charge in [-0.15, -0.1) is 12.6 Å². The van der Waals surface area contributed by atoms with Gasteiger partial charge in [0.1, 0.15) is 0 Å². The van der Waals surface area contributed by atoms with Gasteiger partial charge in [0.25, 0.3) is 11.8 Å². The van der Waals surface area contributed by atoms with E-state index < -0.39 is 0 Å². The predicted molar refractivity (Wildman–Crippen MR) is 81.5 cm³/mol. The van der Waals surface area contributed by atoms with Gasteiger partial charge in [0.05, 0.1) is 0 Å². The van der Waals surface area contributed by atoms with E-state index in [1.54, 1.807) is 12.1 Å². The van der Waals surface area contributed by atoms with E-state index in [2.05, 4.69) is 12.6 Å². The summed E-state index contributed by atoms with van der Waals surface area (Å²) in [5.41, 5.74) is 1.20. The molecule has 0 radical (unpaired) electrons. The molecule has 2 amide bonds. The van der Waals surface area contributed by atoms with E-state index in [0.717, 1.165) is 28.5 Å². The smallest absolute Gasteiger partial charge is 0.261 e. The summed E-state index contributed by atoms with van der Waals surface area (Å²) in [5, 5.41) is 1.60. The van der Waals surface area contributed by atoms with Crippen LogP contribution in [0.5, 0.6) is 0 Å². The fourth-order valence-electron chi connectivity index (χ4n) is 2.65. The third-order valence-corrected chi connectivity index (χ3v) is 4.09. The molecule has 1 heterocycles. The Hall–Kier alpha value is -1.81. The van der Waals surface area contributed by atoms with E-state index in [1.807, 2.05) is 25.1 Å². The summed E-state index contributed by atoms with van der Waals surface area (Å²) in [4.78, 5) is 27.2. The van der Waals surface area contributed by atoms with Gasteiger partial charge in [0, 0.05) is 28.0 Å². The molecule has 0 saturated carbocycles. The number of hydrogen-bond donors (Lipinski definition) is 1. The summed E-state index contributed by atoms with van der Waals surface area (Å²) in [6.45, 7) is 2.52. The predicted octanol–water partition coefficient (Wildman–Crippen LogP) is 3.52. The largest absolute Gasteiger partial charge is 0.274 e. The fourth-order valence-corrected chi connectivity index (χ4v) is 2.91. The maximum absolute atomic E-state index is 12.5. The minimum absolute atomic E-state index is 0.194. The molecule has 2 aromatic rings. The van der Waals surface area contributed by atoms with Crippen LogP contribution < -0.4 is 0 Å². The molecular weight excluding hydrogens is 270 g/mol. The molecule has 0 fully saturated rings. The summed E-state index contributed by atoms with van der Waals surface area (Å²) in [6.07, 6.45) is 1.77. The Labute approximate surface area is 123 Å². The van der Waals surface area contributed by atoms with Gasteiger partial charge in [-0.2, -0.15) is 0 Å². The summed E-state index contributed by atoms with van der Waals surface area (Å²) in [6, 6.07) is 9.10. The summed E-state index contributed by atoms with van der Waals surface area (Å²) in [7, 11) is 0. The van der Waals surface area contributed by atoms with Crippen molar-refractivity contribution in [1.82, 2.24) is 4.90 Å². The number of benzene rings is 2. The van der Waals surface area contributed by atoms with Gasteiger partial charge in [-0.3, -0.25) is 14.5 Å². The first-order valence-electron chi connectivity index (χ1n) is 6.76. The summed E-state index contributed by atoms with van der Waals surface area (Å²) < 4.78 is 0. The standard InChI is InChI=1S/C16H15NO2S/c1-2-3-9-17-15(18)11-6-4-5-10-13(20)8-7-12(14(10)11)16(17)19/h4-8,20H,2-3,9H2,1H3. The molecule has 3 rings (SSSR count). The lowest BCUT2D eigenvalue weighted by Gasteiger charge is -2.27. The monoisotopic (exact) mass is 285 g/mol. The zero-order chi connectivity index (χ0) is 14.3. The quantitative estimate of drug-likeness (QED) is 0.692. The molecule has 0 spiro atoms. The number of carbonyl (C=O) groups is 2. The molecule has 0 bridgehead atoms.